The fraction of sp³-hybridized carbons (Fsp3) is 0.0667. The number of hydrogen-bond acceptors (Lipinski definition) is 2. The van der Waals surface area contributed by atoms with Gasteiger partial charge in [-0.25, -0.2) is 0 Å². The van der Waals surface area contributed by atoms with Crippen molar-refractivity contribution in [1.82, 2.24) is 0 Å². The van der Waals surface area contributed by atoms with Crippen LogP contribution < -0.4 is 5.32 Å². The van der Waals surface area contributed by atoms with Gasteiger partial charge in [-0.3, -0.25) is 4.79 Å². The fourth-order valence-electron chi connectivity index (χ4n) is 1.74. The van der Waals surface area contributed by atoms with Crippen molar-refractivity contribution in [3.63, 3.8) is 0 Å². The third kappa shape index (κ3) is 3.83. The molecule has 100 valence electrons. The molecule has 5 heteroatoms. The van der Waals surface area contributed by atoms with E-state index < -0.39 is 0 Å². The highest BCUT2D eigenvalue weighted by Crippen LogP contribution is 2.21. The quantitative estimate of drug-likeness (QED) is 0.905. The summed E-state index contributed by atoms with van der Waals surface area (Å²) in [5, 5.41) is 12.2. The van der Waals surface area contributed by atoms with Crippen LogP contribution in [0.5, 0.6) is 0 Å². The number of carbonyl (C=O) groups is 1. The van der Waals surface area contributed by atoms with Gasteiger partial charge in [0.1, 0.15) is 6.07 Å². The lowest BCUT2D eigenvalue weighted by molar-refractivity contribution is -0.115. The van der Waals surface area contributed by atoms with Gasteiger partial charge in [-0.2, -0.15) is 5.26 Å². The third-order valence-corrected chi connectivity index (χ3v) is 3.36. The van der Waals surface area contributed by atoms with Gasteiger partial charge in [-0.1, -0.05) is 39.7 Å². The first-order valence-electron chi connectivity index (χ1n) is 5.82. The maximum atomic E-state index is 12.0. The standard InChI is InChI=1S/C15H10BrClN2O/c16-12-3-1-2-10(6-12)7-15(20)19-14-8-13(17)5-4-11(14)9-18/h1-6,8H,7H2,(H,19,20). The van der Waals surface area contributed by atoms with E-state index >= 15 is 0 Å². The molecule has 0 heterocycles. The number of nitriles is 1. The second-order valence-corrected chi connectivity index (χ2v) is 5.51. The maximum Gasteiger partial charge on any atom is 0.228 e. The highest BCUT2D eigenvalue weighted by Gasteiger charge is 2.08. The Morgan fingerprint density at radius 2 is 2.10 bits per heavy atom. The summed E-state index contributed by atoms with van der Waals surface area (Å²) in [6, 6.07) is 14.3. The third-order valence-electron chi connectivity index (χ3n) is 2.63. The van der Waals surface area contributed by atoms with E-state index in [1.165, 1.54) is 0 Å². The number of rotatable bonds is 3. The highest BCUT2D eigenvalue weighted by atomic mass is 79.9. The summed E-state index contributed by atoms with van der Waals surface area (Å²) in [5.74, 6) is -0.193. The van der Waals surface area contributed by atoms with Crippen LogP contribution in [0, 0.1) is 11.3 Å². The monoisotopic (exact) mass is 348 g/mol. The molecule has 0 bridgehead atoms. The van der Waals surface area contributed by atoms with Crippen molar-refractivity contribution in [1.29, 1.82) is 5.26 Å². The first kappa shape index (κ1) is 14.6. The van der Waals surface area contributed by atoms with Gasteiger partial charge in [0.15, 0.2) is 0 Å². The molecule has 0 saturated carbocycles. The first-order chi connectivity index (χ1) is 9.58. The molecule has 0 unspecified atom stereocenters. The second kappa shape index (κ2) is 6.56. The van der Waals surface area contributed by atoms with E-state index in [1.807, 2.05) is 30.3 Å². The van der Waals surface area contributed by atoms with E-state index in [-0.39, 0.29) is 12.3 Å². The smallest absolute Gasteiger partial charge is 0.228 e. The Balaban J connectivity index is 2.13. The Labute approximate surface area is 130 Å². The van der Waals surface area contributed by atoms with Crippen LogP contribution in [0.25, 0.3) is 0 Å². The minimum atomic E-state index is -0.193. The molecule has 0 aromatic heterocycles. The van der Waals surface area contributed by atoms with Crippen LogP contribution in [0.2, 0.25) is 5.02 Å². The normalized spacial score (nSPS) is 9.85. The Morgan fingerprint density at radius 1 is 1.30 bits per heavy atom. The van der Waals surface area contributed by atoms with Gasteiger partial charge in [0.05, 0.1) is 17.7 Å². The predicted octanol–water partition coefficient (Wildman–Crippen LogP) is 4.16. The summed E-state index contributed by atoms with van der Waals surface area (Å²) in [7, 11) is 0. The van der Waals surface area contributed by atoms with Gasteiger partial charge < -0.3 is 5.32 Å². The van der Waals surface area contributed by atoms with Gasteiger partial charge in [-0.05, 0) is 35.9 Å². The van der Waals surface area contributed by atoms with E-state index in [2.05, 4.69) is 21.2 Å². The Bertz CT molecular complexity index is 695. The van der Waals surface area contributed by atoms with Gasteiger partial charge in [0.25, 0.3) is 0 Å². The van der Waals surface area contributed by atoms with Crippen LogP contribution in [-0.4, -0.2) is 5.91 Å². The van der Waals surface area contributed by atoms with Crippen molar-refractivity contribution >= 4 is 39.1 Å². The van der Waals surface area contributed by atoms with E-state index in [0.717, 1.165) is 10.0 Å². The molecule has 0 spiro atoms. The van der Waals surface area contributed by atoms with Crippen molar-refractivity contribution in [2.75, 3.05) is 5.32 Å². The van der Waals surface area contributed by atoms with Gasteiger partial charge in [0.2, 0.25) is 5.91 Å². The molecule has 0 aliphatic heterocycles. The molecule has 2 aromatic rings. The zero-order chi connectivity index (χ0) is 14.5. The molecule has 0 atom stereocenters. The lowest BCUT2D eigenvalue weighted by Gasteiger charge is -2.08. The summed E-state index contributed by atoms with van der Waals surface area (Å²) < 4.78 is 0.920. The fourth-order valence-corrected chi connectivity index (χ4v) is 2.36. The van der Waals surface area contributed by atoms with E-state index in [0.29, 0.717) is 16.3 Å². The predicted molar refractivity (Wildman–Crippen MR) is 82.6 cm³/mol. The minimum absolute atomic E-state index is 0.193. The van der Waals surface area contributed by atoms with Crippen molar-refractivity contribution in [3.05, 3.63) is 63.1 Å². The number of nitrogens with zero attached hydrogens (tertiary/aromatic N) is 1. The molecule has 2 rings (SSSR count). The molecule has 1 amide bonds. The van der Waals surface area contributed by atoms with Crippen molar-refractivity contribution in [3.8, 4) is 6.07 Å². The molecule has 0 aliphatic rings. The number of halogens is 2. The Hall–Kier alpha value is -1.83. The van der Waals surface area contributed by atoms with Crippen LogP contribution in [0.15, 0.2) is 46.9 Å². The summed E-state index contributed by atoms with van der Waals surface area (Å²) in [6.45, 7) is 0. The Kier molecular flexibility index (Phi) is 4.78. The SMILES string of the molecule is N#Cc1ccc(Cl)cc1NC(=O)Cc1cccc(Br)c1. The minimum Gasteiger partial charge on any atom is -0.325 e. The average Bonchev–Trinajstić information content (AvgIpc) is 2.38. The van der Waals surface area contributed by atoms with Gasteiger partial charge >= 0.3 is 0 Å². The molecular formula is C15H10BrClN2O. The van der Waals surface area contributed by atoms with Gasteiger partial charge in [0, 0.05) is 9.50 Å². The van der Waals surface area contributed by atoms with Crippen LogP contribution in [0.4, 0.5) is 5.69 Å². The number of benzene rings is 2. The van der Waals surface area contributed by atoms with E-state index in [4.69, 9.17) is 16.9 Å². The van der Waals surface area contributed by atoms with E-state index in [1.54, 1.807) is 18.2 Å². The number of amides is 1. The molecule has 2 aromatic carbocycles. The first-order valence-corrected chi connectivity index (χ1v) is 6.99. The number of anilines is 1. The largest absolute Gasteiger partial charge is 0.325 e. The highest BCUT2D eigenvalue weighted by molar-refractivity contribution is 9.10. The summed E-state index contributed by atoms with van der Waals surface area (Å²) >= 11 is 9.23. The molecule has 0 fully saturated rings. The zero-order valence-electron chi connectivity index (χ0n) is 10.4. The van der Waals surface area contributed by atoms with Crippen LogP contribution in [0.3, 0.4) is 0 Å². The number of hydrogen-bond donors (Lipinski definition) is 1. The van der Waals surface area contributed by atoms with Crippen molar-refractivity contribution in [2.45, 2.75) is 6.42 Å². The maximum absolute atomic E-state index is 12.0. The lowest BCUT2D eigenvalue weighted by atomic mass is 10.1. The average molecular weight is 350 g/mol. The molecule has 0 aliphatic carbocycles. The van der Waals surface area contributed by atoms with Crippen LogP contribution in [0.1, 0.15) is 11.1 Å². The van der Waals surface area contributed by atoms with Crippen LogP contribution in [-0.2, 0) is 11.2 Å². The van der Waals surface area contributed by atoms with Crippen molar-refractivity contribution < 1.29 is 4.79 Å². The molecule has 1 N–H and O–H groups in total. The number of carbonyl (C=O) groups excluding carboxylic acids is 1. The summed E-state index contributed by atoms with van der Waals surface area (Å²) in [4.78, 5) is 12.0. The van der Waals surface area contributed by atoms with E-state index in [9.17, 15) is 4.79 Å². The van der Waals surface area contributed by atoms with Gasteiger partial charge in [-0.15, -0.1) is 0 Å². The summed E-state index contributed by atoms with van der Waals surface area (Å²) in [6.07, 6.45) is 0.233. The zero-order valence-corrected chi connectivity index (χ0v) is 12.7. The molecular weight excluding hydrogens is 340 g/mol. The molecule has 0 saturated heterocycles. The van der Waals surface area contributed by atoms with Crippen LogP contribution >= 0.6 is 27.5 Å². The second-order valence-electron chi connectivity index (χ2n) is 4.16. The molecule has 20 heavy (non-hydrogen) atoms. The lowest BCUT2D eigenvalue weighted by Crippen LogP contribution is -2.15. The molecule has 3 nitrogen and oxygen atoms in total. The summed E-state index contributed by atoms with van der Waals surface area (Å²) in [5.41, 5.74) is 1.70. The molecule has 0 radical (unpaired) electrons. The van der Waals surface area contributed by atoms with Crippen molar-refractivity contribution in [2.24, 2.45) is 0 Å². The topological polar surface area (TPSA) is 52.9 Å². The Morgan fingerprint density at radius 3 is 2.80 bits per heavy atom. The number of nitrogens with one attached hydrogen (secondary N) is 1.